The van der Waals surface area contributed by atoms with Gasteiger partial charge in [-0.15, -0.1) is 0 Å². The predicted octanol–water partition coefficient (Wildman–Crippen LogP) is 3.99. The van der Waals surface area contributed by atoms with E-state index in [4.69, 9.17) is 16.2 Å². The Hall–Kier alpha value is -5.44. The van der Waals surface area contributed by atoms with Gasteiger partial charge in [0.2, 0.25) is 41.1 Å². The standard InChI is InChI=1S/C28H42F2N4O6.C27H43N5O5/c1-26(2,3)40-25(39)33-19(15-8-10-28(29,30)11-9-15)24(38)34-13-16-18(27(16,4)5)20(34)23(37)32-17(12-14-6-7-14)21(35)22(31)36;1-25(2,3)20(30-24(37)31-27(6)10-11-27)23(36)32-13-15-17(26(15,4)5)18(32)22(35)29-16(19(33)21(28)34)12-14-8-7-9-14/h14-20H,6-13H2,1-5H3,(H2,31,36)(H,32,37)(H,33,39);14-18,20H,7-13H2,1-6H3,(H2,28,34)(H,29,35)(H2,30,31,37)/t16?,17?,18-,19-,20-;15?,16?,17?,18-,20+/m00/s1. The number of carbonyl (C=O) groups is 10. The number of primary amides is 2. The lowest BCUT2D eigenvalue weighted by Gasteiger charge is -2.38. The number of halogens is 2. The van der Waals surface area contributed by atoms with Crippen molar-refractivity contribution in [2.75, 3.05) is 13.1 Å². The number of alkyl halides is 2. The van der Waals surface area contributed by atoms with Crippen LogP contribution in [-0.2, 0) is 43.1 Å². The van der Waals surface area contributed by atoms with E-state index in [-0.39, 0.29) is 77.2 Å². The monoisotopic (exact) mass is 1090 g/mol. The highest BCUT2D eigenvalue weighted by Gasteiger charge is 2.71. The number of nitrogens with zero attached hydrogens (tertiary/aromatic N) is 2. The van der Waals surface area contributed by atoms with Gasteiger partial charge < -0.3 is 52.6 Å². The summed E-state index contributed by atoms with van der Waals surface area (Å²) in [5.41, 5.74) is 8.48. The Morgan fingerprint density at radius 2 is 1.05 bits per heavy atom. The van der Waals surface area contributed by atoms with Gasteiger partial charge in [-0.3, -0.25) is 38.4 Å². The third kappa shape index (κ3) is 13.5. The number of alkyl carbamates (subject to hydrolysis) is 1. The molecule has 10 atom stereocenters. The summed E-state index contributed by atoms with van der Waals surface area (Å²) in [6.45, 7) is 21.4. The number of ether oxygens (including phenoxy) is 1. The van der Waals surface area contributed by atoms with Crippen LogP contribution in [0.1, 0.15) is 160 Å². The SMILES string of the molecule is CC(C)(C)OC(=O)N[C@H](C(=O)N1CC2[C@@H]([C@H]1C(=O)NC(CC1CC1)C(=O)C(N)=O)C2(C)C)C1CCC(F)(F)CC1.CC1(NC(=O)N[C@H](C(=O)N2CC3C([C@H]2C(=O)NC(CC2CCC2)C(=O)C(N)=O)C3(C)C)C(C)(C)C)CC1. The summed E-state index contributed by atoms with van der Waals surface area (Å²) >= 11 is 0. The summed E-state index contributed by atoms with van der Waals surface area (Å²) in [5, 5.41) is 13.9. The zero-order chi connectivity index (χ0) is 57.3. The third-order valence-corrected chi connectivity index (χ3v) is 18.3. The maximum Gasteiger partial charge on any atom is 0.408 e. The van der Waals surface area contributed by atoms with Crippen LogP contribution < -0.4 is 38.1 Å². The molecule has 77 heavy (non-hydrogen) atoms. The van der Waals surface area contributed by atoms with Crippen molar-refractivity contribution in [2.24, 2.45) is 69.1 Å². The molecule has 20 nitrogen and oxygen atoms in total. The van der Waals surface area contributed by atoms with Crippen molar-refractivity contribution in [1.82, 2.24) is 36.4 Å². The third-order valence-electron chi connectivity index (χ3n) is 18.3. The maximum absolute atomic E-state index is 14.1. The van der Waals surface area contributed by atoms with Crippen molar-refractivity contribution in [3.8, 4) is 0 Å². The Balaban J connectivity index is 0.000000224. The first-order chi connectivity index (χ1) is 35.5. The highest BCUT2D eigenvalue weighted by Crippen LogP contribution is 2.66. The van der Waals surface area contributed by atoms with Gasteiger partial charge in [-0.25, -0.2) is 18.4 Å². The van der Waals surface area contributed by atoms with E-state index in [1.807, 2.05) is 41.5 Å². The lowest BCUT2D eigenvalue weighted by molar-refractivity contribution is -0.145. The molecule has 0 aromatic carbocycles. The smallest absolute Gasteiger partial charge is 0.408 e. The lowest BCUT2D eigenvalue weighted by atomic mass is 9.80. The fourth-order valence-electron chi connectivity index (χ4n) is 12.7. The van der Waals surface area contributed by atoms with Gasteiger partial charge in [0.1, 0.15) is 29.8 Å². The van der Waals surface area contributed by atoms with Crippen molar-refractivity contribution in [1.29, 1.82) is 0 Å². The number of rotatable bonds is 18. The van der Waals surface area contributed by atoms with E-state index in [1.165, 1.54) is 4.90 Å². The molecule has 0 radical (unpaired) electrons. The molecule has 430 valence electrons. The predicted molar refractivity (Wildman–Crippen MR) is 277 cm³/mol. The fourth-order valence-corrected chi connectivity index (χ4v) is 12.7. The van der Waals surface area contributed by atoms with Gasteiger partial charge in [0.25, 0.3) is 11.8 Å². The fraction of sp³-hybridized carbons (Fsp3) is 0.818. The van der Waals surface area contributed by atoms with Crippen LogP contribution in [0.3, 0.4) is 0 Å². The molecule has 9 amide bonds. The first-order valence-electron chi connectivity index (χ1n) is 27.8. The van der Waals surface area contributed by atoms with Gasteiger partial charge in [0, 0.05) is 31.5 Å². The molecule has 5 unspecified atom stereocenters. The number of fused-ring (bicyclic) bond motifs is 2. The number of hydrogen-bond donors (Lipinski definition) is 7. The van der Waals surface area contributed by atoms with Crippen LogP contribution in [0.5, 0.6) is 0 Å². The Bertz CT molecular complexity index is 2380. The lowest BCUT2D eigenvalue weighted by Crippen LogP contribution is -2.62. The van der Waals surface area contributed by atoms with Gasteiger partial charge in [-0.05, 0) is 124 Å². The zero-order valence-corrected chi connectivity index (χ0v) is 46.9. The molecule has 0 bridgehead atoms. The van der Waals surface area contributed by atoms with Crippen LogP contribution >= 0.6 is 0 Å². The van der Waals surface area contributed by atoms with Crippen LogP contribution in [0.2, 0.25) is 0 Å². The highest BCUT2D eigenvalue weighted by molar-refractivity contribution is 6.38. The minimum absolute atomic E-state index is 0.0128. The normalized spacial score (nSPS) is 28.6. The molecule has 2 heterocycles. The average Bonchev–Trinajstić information content (AvgIpc) is 4.27. The number of Topliss-reactive ketones (excluding diaryl/α,β-unsaturated/α-hetero) is 2. The van der Waals surface area contributed by atoms with Crippen LogP contribution in [0.4, 0.5) is 18.4 Å². The Morgan fingerprint density at radius 3 is 1.43 bits per heavy atom. The number of ketones is 2. The van der Waals surface area contributed by atoms with Crippen molar-refractivity contribution < 1.29 is 61.5 Å². The molecule has 6 aliphatic carbocycles. The van der Waals surface area contributed by atoms with E-state index >= 15 is 0 Å². The van der Waals surface area contributed by atoms with Crippen LogP contribution in [-0.4, -0.2) is 135 Å². The van der Waals surface area contributed by atoms with Crippen LogP contribution in [0.25, 0.3) is 0 Å². The van der Waals surface area contributed by atoms with Gasteiger partial charge >= 0.3 is 12.1 Å². The number of carbonyl (C=O) groups excluding carboxylic acids is 10. The second kappa shape index (κ2) is 21.3. The molecule has 0 aromatic rings. The molecule has 0 spiro atoms. The summed E-state index contributed by atoms with van der Waals surface area (Å²) in [4.78, 5) is 132. The number of amides is 9. The van der Waals surface area contributed by atoms with Crippen LogP contribution in [0.15, 0.2) is 0 Å². The van der Waals surface area contributed by atoms with E-state index in [0.717, 1.165) is 44.9 Å². The van der Waals surface area contributed by atoms with E-state index in [9.17, 15) is 56.7 Å². The minimum Gasteiger partial charge on any atom is -0.444 e. The summed E-state index contributed by atoms with van der Waals surface area (Å²) in [6, 6.07) is -6.19. The molecular weight excluding hydrogens is 1000 g/mol. The van der Waals surface area contributed by atoms with Gasteiger partial charge in [0.05, 0.1) is 12.1 Å². The van der Waals surface area contributed by atoms with E-state index < -0.39 is 125 Å². The second-order valence-electron chi connectivity index (χ2n) is 27.3. The molecule has 0 aromatic heterocycles. The molecule has 6 saturated carbocycles. The topological polar surface area (TPSA) is 299 Å². The number of nitrogens with two attached hydrogens (primary N) is 2. The molecule has 9 N–H and O–H groups in total. The summed E-state index contributed by atoms with van der Waals surface area (Å²) in [7, 11) is 0. The van der Waals surface area contributed by atoms with Crippen molar-refractivity contribution in [3.63, 3.8) is 0 Å². The second-order valence-corrected chi connectivity index (χ2v) is 27.3. The van der Waals surface area contributed by atoms with Crippen molar-refractivity contribution in [3.05, 3.63) is 0 Å². The van der Waals surface area contributed by atoms with Gasteiger partial charge in [-0.2, -0.15) is 0 Å². The summed E-state index contributed by atoms with van der Waals surface area (Å²) < 4.78 is 33.3. The molecule has 2 aliphatic heterocycles. The number of urea groups is 1. The Labute approximate surface area is 450 Å². The largest absolute Gasteiger partial charge is 0.444 e. The Morgan fingerprint density at radius 1 is 0.610 bits per heavy atom. The van der Waals surface area contributed by atoms with Gasteiger partial charge in [0.15, 0.2) is 0 Å². The summed E-state index contributed by atoms with van der Waals surface area (Å²) in [6.07, 6.45) is 5.60. The van der Waals surface area contributed by atoms with Gasteiger partial charge in [-0.1, -0.05) is 80.6 Å². The molecule has 8 aliphatic rings. The van der Waals surface area contributed by atoms with E-state index in [2.05, 4.69) is 40.4 Å². The average molecular weight is 1090 g/mol. The maximum atomic E-state index is 14.1. The quantitative estimate of drug-likeness (QED) is 0.0963. The zero-order valence-electron chi connectivity index (χ0n) is 46.9. The first kappa shape index (κ1) is 59.2. The van der Waals surface area contributed by atoms with E-state index in [1.54, 1.807) is 25.7 Å². The first-order valence-corrected chi connectivity index (χ1v) is 27.8. The number of nitrogens with one attached hydrogen (secondary N) is 5. The number of likely N-dealkylation sites (tertiary alicyclic amines) is 2. The van der Waals surface area contributed by atoms with Crippen LogP contribution in [0, 0.1) is 57.7 Å². The van der Waals surface area contributed by atoms with E-state index in [0.29, 0.717) is 19.4 Å². The highest BCUT2D eigenvalue weighted by atomic mass is 19.3. The molecule has 8 fully saturated rings. The number of hydrogen-bond acceptors (Lipinski definition) is 11. The molecule has 22 heteroatoms. The summed E-state index contributed by atoms with van der Waals surface area (Å²) in [5.74, 6) is -8.75. The molecule has 8 rings (SSSR count). The minimum atomic E-state index is -2.83. The van der Waals surface area contributed by atoms with Crippen molar-refractivity contribution >= 4 is 59.1 Å². The molecular formula is C55H85F2N9O11. The Kier molecular flexibility index (Phi) is 16.4. The molecule has 2 saturated heterocycles. The number of piperidine rings is 2. The van der Waals surface area contributed by atoms with Crippen molar-refractivity contribution in [2.45, 2.75) is 213 Å².